The average Bonchev–Trinajstić information content (AvgIpc) is 3.37. The fourth-order valence-electron chi connectivity index (χ4n) is 3.62. The van der Waals surface area contributed by atoms with Crippen LogP contribution in [0.4, 0.5) is 5.82 Å². The number of nitrogens with one attached hydrogen (secondary N) is 1. The van der Waals surface area contributed by atoms with Gasteiger partial charge < -0.3 is 9.88 Å². The first-order valence-electron chi connectivity index (χ1n) is 9.13. The lowest BCUT2D eigenvalue weighted by molar-refractivity contribution is 0.519. The average molecular weight is 339 g/mol. The van der Waals surface area contributed by atoms with Gasteiger partial charge in [0.25, 0.3) is 0 Å². The van der Waals surface area contributed by atoms with Crippen molar-refractivity contribution in [3.8, 4) is 0 Å². The highest BCUT2D eigenvalue weighted by Gasteiger charge is 2.22. The van der Waals surface area contributed by atoms with E-state index in [0.717, 1.165) is 35.6 Å². The monoisotopic (exact) mass is 339 g/mol. The Morgan fingerprint density at radius 3 is 2.88 bits per heavy atom. The smallest absolute Gasteiger partial charge is 0.163 e. The molecule has 4 rings (SSSR count). The lowest BCUT2D eigenvalue weighted by atomic mass is 10.1. The van der Waals surface area contributed by atoms with E-state index in [2.05, 4.69) is 26.9 Å². The Morgan fingerprint density at radius 1 is 1.28 bits per heavy atom. The first-order valence-corrected chi connectivity index (χ1v) is 9.13. The number of nitrogens with zero attached hydrogens (tertiary/aromatic N) is 6. The van der Waals surface area contributed by atoms with Crippen molar-refractivity contribution >= 4 is 16.9 Å². The van der Waals surface area contributed by atoms with Crippen LogP contribution in [0.3, 0.4) is 0 Å². The normalized spacial score (nSPS) is 16.6. The molecule has 0 aromatic carbocycles. The summed E-state index contributed by atoms with van der Waals surface area (Å²) in [5.41, 5.74) is 0.919. The number of fused-ring (bicyclic) bond motifs is 1. The second kappa shape index (κ2) is 6.82. The van der Waals surface area contributed by atoms with Gasteiger partial charge >= 0.3 is 0 Å². The summed E-state index contributed by atoms with van der Waals surface area (Å²) in [6, 6.07) is 0.399. The second-order valence-corrected chi connectivity index (χ2v) is 6.99. The molecule has 0 radical (unpaired) electrons. The molecule has 1 saturated carbocycles. The molecule has 7 nitrogen and oxygen atoms in total. The van der Waals surface area contributed by atoms with Gasteiger partial charge in [-0.3, -0.25) is 4.68 Å². The number of imidazole rings is 1. The maximum atomic E-state index is 4.86. The van der Waals surface area contributed by atoms with Gasteiger partial charge in [-0.15, -0.1) is 0 Å². The zero-order valence-corrected chi connectivity index (χ0v) is 14.9. The number of hydrogen-bond donors (Lipinski definition) is 1. The summed E-state index contributed by atoms with van der Waals surface area (Å²) in [7, 11) is 1.94. The number of hydrogen-bond acceptors (Lipinski definition) is 5. The number of anilines is 1. The largest absolute Gasteiger partial charge is 0.369 e. The SMILES string of the molecule is CC(CCNc1nc(C2CCCC2)nc2c1cnn2C)n1ccnc1. The topological polar surface area (TPSA) is 73.5 Å². The zero-order chi connectivity index (χ0) is 17.2. The molecule has 3 heterocycles. The van der Waals surface area contributed by atoms with Crippen molar-refractivity contribution in [2.75, 3.05) is 11.9 Å². The minimum atomic E-state index is 0.399. The van der Waals surface area contributed by atoms with Gasteiger partial charge in [-0.25, -0.2) is 15.0 Å². The predicted molar refractivity (Wildman–Crippen MR) is 97.6 cm³/mol. The molecule has 7 heteroatoms. The molecule has 1 aliphatic rings. The summed E-state index contributed by atoms with van der Waals surface area (Å²) in [6.07, 6.45) is 13.5. The van der Waals surface area contributed by atoms with E-state index in [9.17, 15) is 0 Å². The fraction of sp³-hybridized carbons (Fsp3) is 0.556. The van der Waals surface area contributed by atoms with E-state index >= 15 is 0 Å². The van der Waals surface area contributed by atoms with E-state index in [-0.39, 0.29) is 0 Å². The molecular formula is C18H25N7. The van der Waals surface area contributed by atoms with Crippen LogP contribution in [-0.2, 0) is 7.05 Å². The lowest BCUT2D eigenvalue weighted by Crippen LogP contribution is -2.12. The molecule has 0 amide bonds. The molecule has 132 valence electrons. The summed E-state index contributed by atoms with van der Waals surface area (Å²) in [5.74, 6) is 2.38. The van der Waals surface area contributed by atoms with Crippen molar-refractivity contribution < 1.29 is 0 Å². The standard InChI is InChI=1S/C18H25N7/c1-13(25-10-9-19-12-25)7-8-20-17-15-11-21-24(2)18(15)23-16(22-17)14-5-3-4-6-14/h9-14H,3-8H2,1-2H3,(H,20,22,23). The van der Waals surface area contributed by atoms with Gasteiger partial charge in [0.05, 0.1) is 17.9 Å². The van der Waals surface area contributed by atoms with Crippen molar-refractivity contribution in [1.29, 1.82) is 0 Å². The Balaban J connectivity index is 1.53. The minimum absolute atomic E-state index is 0.399. The molecule has 1 aliphatic carbocycles. The van der Waals surface area contributed by atoms with Crippen LogP contribution in [0.1, 0.15) is 56.8 Å². The molecule has 3 aromatic heterocycles. The van der Waals surface area contributed by atoms with E-state index in [0.29, 0.717) is 12.0 Å². The Hall–Kier alpha value is -2.44. The van der Waals surface area contributed by atoms with E-state index in [4.69, 9.17) is 9.97 Å². The van der Waals surface area contributed by atoms with E-state index in [1.807, 2.05) is 36.6 Å². The summed E-state index contributed by atoms with van der Waals surface area (Å²) >= 11 is 0. The molecular weight excluding hydrogens is 314 g/mol. The molecule has 25 heavy (non-hydrogen) atoms. The molecule has 0 spiro atoms. The zero-order valence-electron chi connectivity index (χ0n) is 14.9. The summed E-state index contributed by atoms with van der Waals surface area (Å²) < 4.78 is 3.97. The van der Waals surface area contributed by atoms with Crippen LogP contribution in [0.25, 0.3) is 11.0 Å². The quantitative estimate of drug-likeness (QED) is 0.746. The highest BCUT2D eigenvalue weighted by molar-refractivity contribution is 5.86. The van der Waals surface area contributed by atoms with Crippen molar-refractivity contribution in [2.45, 2.75) is 51.0 Å². The van der Waals surface area contributed by atoms with Gasteiger partial charge in [0.2, 0.25) is 0 Å². The van der Waals surface area contributed by atoms with Gasteiger partial charge in [0.1, 0.15) is 11.6 Å². The molecule has 1 fully saturated rings. The number of aromatic nitrogens is 6. The Bertz CT molecular complexity index is 831. The molecule has 1 N–H and O–H groups in total. The van der Waals surface area contributed by atoms with Gasteiger partial charge in [0.15, 0.2) is 5.65 Å². The minimum Gasteiger partial charge on any atom is -0.369 e. The first kappa shape index (κ1) is 16.1. The molecule has 0 saturated heterocycles. The summed E-state index contributed by atoms with van der Waals surface area (Å²) in [4.78, 5) is 13.8. The Morgan fingerprint density at radius 2 is 2.12 bits per heavy atom. The molecule has 3 aromatic rings. The van der Waals surface area contributed by atoms with Crippen LogP contribution in [-0.4, -0.2) is 35.8 Å². The highest BCUT2D eigenvalue weighted by atomic mass is 15.3. The summed E-state index contributed by atoms with van der Waals surface area (Å²) in [6.45, 7) is 3.05. The van der Waals surface area contributed by atoms with Crippen molar-refractivity contribution in [2.24, 2.45) is 7.05 Å². The van der Waals surface area contributed by atoms with Crippen LogP contribution in [0, 0.1) is 0 Å². The summed E-state index contributed by atoms with van der Waals surface area (Å²) in [5, 5.41) is 8.89. The van der Waals surface area contributed by atoms with Crippen molar-refractivity contribution in [3.05, 3.63) is 30.7 Å². The van der Waals surface area contributed by atoms with E-state index in [1.165, 1.54) is 25.7 Å². The van der Waals surface area contributed by atoms with Crippen molar-refractivity contribution in [1.82, 2.24) is 29.3 Å². The highest BCUT2D eigenvalue weighted by Crippen LogP contribution is 2.34. The van der Waals surface area contributed by atoms with Gasteiger partial charge in [-0.1, -0.05) is 12.8 Å². The fourth-order valence-corrected chi connectivity index (χ4v) is 3.62. The third-order valence-corrected chi connectivity index (χ3v) is 5.22. The van der Waals surface area contributed by atoms with E-state index in [1.54, 1.807) is 0 Å². The van der Waals surface area contributed by atoms with Crippen LogP contribution in [0.2, 0.25) is 0 Å². The van der Waals surface area contributed by atoms with Crippen molar-refractivity contribution in [3.63, 3.8) is 0 Å². The molecule has 1 atom stereocenters. The lowest BCUT2D eigenvalue weighted by Gasteiger charge is -2.15. The molecule has 1 unspecified atom stereocenters. The number of aryl methyl sites for hydroxylation is 1. The van der Waals surface area contributed by atoms with Crippen LogP contribution in [0.5, 0.6) is 0 Å². The maximum Gasteiger partial charge on any atom is 0.163 e. The van der Waals surface area contributed by atoms with Gasteiger partial charge in [-0.2, -0.15) is 5.10 Å². The van der Waals surface area contributed by atoms with Crippen LogP contribution >= 0.6 is 0 Å². The predicted octanol–water partition coefficient (Wildman–Crippen LogP) is 3.28. The second-order valence-electron chi connectivity index (χ2n) is 6.99. The Kier molecular flexibility index (Phi) is 4.38. The maximum absolute atomic E-state index is 4.86. The van der Waals surface area contributed by atoms with Gasteiger partial charge in [-0.05, 0) is 26.2 Å². The van der Waals surface area contributed by atoms with Gasteiger partial charge in [0, 0.05) is 37.9 Å². The number of rotatable bonds is 6. The third-order valence-electron chi connectivity index (χ3n) is 5.22. The molecule has 0 bridgehead atoms. The van der Waals surface area contributed by atoms with Crippen LogP contribution in [0.15, 0.2) is 24.9 Å². The molecule has 0 aliphatic heterocycles. The third kappa shape index (κ3) is 3.23. The van der Waals surface area contributed by atoms with Crippen LogP contribution < -0.4 is 5.32 Å². The first-order chi connectivity index (χ1) is 12.2. The Labute approximate surface area is 147 Å². The van der Waals surface area contributed by atoms with E-state index < -0.39 is 0 Å².